The molecule has 0 aliphatic rings. The second kappa shape index (κ2) is 9.83. The standard InChI is InChI=1S/C24H18FN5O5/c1-35-22-10-5-17(14-21(22)27-23(31)15-3-2-4-16(25)13-15)26-24(32)20-11-12-29(28-20)18-6-8-19(9-7-18)30(33)34/h2-14H,1H3,(H,26,32)(H,27,31). The second-order valence-electron chi connectivity index (χ2n) is 7.25. The number of hydrogen-bond donors (Lipinski definition) is 2. The summed E-state index contributed by atoms with van der Waals surface area (Å²) in [7, 11) is 1.43. The number of nitrogens with zero attached hydrogens (tertiary/aromatic N) is 3. The number of anilines is 2. The largest absolute Gasteiger partial charge is 0.495 e. The quantitative estimate of drug-likeness (QED) is 0.301. The molecule has 0 radical (unpaired) electrons. The number of non-ortho nitro benzene ring substituents is 1. The van der Waals surface area contributed by atoms with Crippen LogP contribution in [0.5, 0.6) is 5.75 Å². The molecule has 4 rings (SSSR count). The van der Waals surface area contributed by atoms with E-state index in [-0.39, 0.29) is 22.6 Å². The van der Waals surface area contributed by atoms with Crippen LogP contribution < -0.4 is 15.4 Å². The van der Waals surface area contributed by atoms with Gasteiger partial charge in [-0.1, -0.05) is 6.07 Å². The molecule has 0 bridgehead atoms. The minimum atomic E-state index is -0.548. The number of nitro benzene ring substituents is 1. The molecule has 4 aromatic rings. The molecule has 35 heavy (non-hydrogen) atoms. The van der Waals surface area contributed by atoms with Gasteiger partial charge in [-0.15, -0.1) is 0 Å². The fourth-order valence-corrected chi connectivity index (χ4v) is 3.22. The third kappa shape index (κ3) is 5.30. The summed E-state index contributed by atoms with van der Waals surface area (Å²) < 4.78 is 20.1. The molecule has 176 valence electrons. The average Bonchev–Trinajstić information content (AvgIpc) is 3.35. The topological polar surface area (TPSA) is 128 Å². The molecule has 0 aliphatic carbocycles. The Morgan fingerprint density at radius 3 is 2.46 bits per heavy atom. The Morgan fingerprint density at radius 2 is 1.77 bits per heavy atom. The van der Waals surface area contributed by atoms with Gasteiger partial charge in [0, 0.05) is 29.6 Å². The minimum Gasteiger partial charge on any atom is -0.495 e. The molecule has 1 aromatic heterocycles. The lowest BCUT2D eigenvalue weighted by Crippen LogP contribution is -2.15. The predicted molar refractivity (Wildman–Crippen MR) is 126 cm³/mol. The highest BCUT2D eigenvalue weighted by atomic mass is 19.1. The number of methoxy groups -OCH3 is 1. The van der Waals surface area contributed by atoms with Gasteiger partial charge in [0.2, 0.25) is 0 Å². The Morgan fingerprint density at radius 1 is 1.00 bits per heavy atom. The van der Waals surface area contributed by atoms with Crippen molar-refractivity contribution in [2.75, 3.05) is 17.7 Å². The van der Waals surface area contributed by atoms with Gasteiger partial charge in [0.15, 0.2) is 5.69 Å². The molecule has 0 saturated heterocycles. The predicted octanol–water partition coefficient (Wildman–Crippen LogP) is 4.43. The number of ether oxygens (including phenoxy) is 1. The van der Waals surface area contributed by atoms with Gasteiger partial charge < -0.3 is 15.4 Å². The van der Waals surface area contributed by atoms with Crippen molar-refractivity contribution in [2.24, 2.45) is 0 Å². The molecule has 0 fully saturated rings. The van der Waals surface area contributed by atoms with Crippen LogP contribution in [0.3, 0.4) is 0 Å². The van der Waals surface area contributed by atoms with E-state index in [0.717, 1.165) is 6.07 Å². The molecule has 0 unspecified atom stereocenters. The van der Waals surface area contributed by atoms with Crippen LogP contribution >= 0.6 is 0 Å². The number of nitro groups is 1. The summed E-state index contributed by atoms with van der Waals surface area (Å²) >= 11 is 0. The smallest absolute Gasteiger partial charge is 0.276 e. The first-order valence-corrected chi connectivity index (χ1v) is 10.2. The lowest BCUT2D eigenvalue weighted by molar-refractivity contribution is -0.384. The highest BCUT2D eigenvalue weighted by molar-refractivity contribution is 6.06. The lowest BCUT2D eigenvalue weighted by atomic mass is 10.2. The van der Waals surface area contributed by atoms with Crippen LogP contribution in [-0.2, 0) is 0 Å². The maximum atomic E-state index is 13.5. The zero-order chi connectivity index (χ0) is 24.9. The van der Waals surface area contributed by atoms with Crippen molar-refractivity contribution < 1.29 is 23.6 Å². The van der Waals surface area contributed by atoms with Crippen LogP contribution in [0.2, 0.25) is 0 Å². The van der Waals surface area contributed by atoms with Gasteiger partial charge in [0.1, 0.15) is 11.6 Å². The van der Waals surface area contributed by atoms with Crippen molar-refractivity contribution in [3.63, 3.8) is 0 Å². The van der Waals surface area contributed by atoms with Gasteiger partial charge >= 0.3 is 0 Å². The van der Waals surface area contributed by atoms with Gasteiger partial charge in [-0.25, -0.2) is 9.07 Å². The summed E-state index contributed by atoms with van der Waals surface area (Å²) in [6, 6.07) is 17.1. The third-order valence-corrected chi connectivity index (χ3v) is 4.94. The first kappa shape index (κ1) is 23.1. The molecular formula is C24H18FN5O5. The Kier molecular flexibility index (Phi) is 6.49. The van der Waals surface area contributed by atoms with Crippen LogP contribution in [-0.4, -0.2) is 33.6 Å². The molecule has 11 heteroatoms. The number of rotatable bonds is 7. The number of halogens is 1. The van der Waals surface area contributed by atoms with Gasteiger partial charge in [-0.2, -0.15) is 5.10 Å². The van der Waals surface area contributed by atoms with Crippen molar-refractivity contribution >= 4 is 28.9 Å². The van der Waals surface area contributed by atoms with Crippen molar-refractivity contribution in [2.45, 2.75) is 0 Å². The molecule has 0 saturated carbocycles. The summed E-state index contributed by atoms with van der Waals surface area (Å²) in [5, 5.41) is 20.4. The maximum Gasteiger partial charge on any atom is 0.276 e. The zero-order valence-corrected chi connectivity index (χ0v) is 18.3. The van der Waals surface area contributed by atoms with E-state index in [0.29, 0.717) is 17.1 Å². The van der Waals surface area contributed by atoms with Crippen LogP contribution in [0.15, 0.2) is 79.0 Å². The number of carbonyl (C=O) groups is 2. The zero-order valence-electron chi connectivity index (χ0n) is 18.3. The Hall–Kier alpha value is -5.06. The van der Waals surface area contributed by atoms with E-state index in [1.807, 2.05) is 0 Å². The van der Waals surface area contributed by atoms with Crippen LogP contribution in [0.1, 0.15) is 20.8 Å². The fraction of sp³-hybridized carbons (Fsp3) is 0.0417. The maximum absolute atomic E-state index is 13.5. The van der Waals surface area contributed by atoms with Crippen molar-refractivity contribution in [3.8, 4) is 11.4 Å². The van der Waals surface area contributed by atoms with Crippen LogP contribution in [0, 0.1) is 15.9 Å². The number of benzene rings is 3. The summed E-state index contributed by atoms with van der Waals surface area (Å²) in [4.78, 5) is 35.5. The summed E-state index contributed by atoms with van der Waals surface area (Å²) in [5.74, 6) is -1.26. The highest BCUT2D eigenvalue weighted by Crippen LogP contribution is 2.28. The van der Waals surface area contributed by atoms with Crippen LogP contribution in [0.4, 0.5) is 21.5 Å². The fourth-order valence-electron chi connectivity index (χ4n) is 3.22. The summed E-state index contributed by atoms with van der Waals surface area (Å²) in [6.45, 7) is 0. The van der Waals surface area contributed by atoms with Gasteiger partial charge in [0.05, 0.1) is 23.4 Å². The first-order chi connectivity index (χ1) is 16.8. The van der Waals surface area contributed by atoms with E-state index in [4.69, 9.17) is 4.74 Å². The van der Waals surface area contributed by atoms with E-state index in [9.17, 15) is 24.1 Å². The van der Waals surface area contributed by atoms with Crippen LogP contribution in [0.25, 0.3) is 5.69 Å². The van der Waals surface area contributed by atoms with E-state index >= 15 is 0 Å². The van der Waals surface area contributed by atoms with E-state index in [1.165, 1.54) is 66.4 Å². The average molecular weight is 475 g/mol. The Labute approximate surface area is 198 Å². The number of hydrogen-bond acceptors (Lipinski definition) is 6. The van der Waals surface area contributed by atoms with E-state index < -0.39 is 22.6 Å². The molecular weight excluding hydrogens is 457 g/mol. The van der Waals surface area contributed by atoms with Gasteiger partial charge in [-0.3, -0.25) is 19.7 Å². The molecule has 0 atom stereocenters. The summed E-state index contributed by atoms with van der Waals surface area (Å²) in [5.41, 5.74) is 1.34. The molecule has 2 amide bonds. The molecule has 0 aliphatic heterocycles. The Balaban J connectivity index is 1.50. The van der Waals surface area contributed by atoms with Gasteiger partial charge in [-0.05, 0) is 54.6 Å². The summed E-state index contributed by atoms with van der Waals surface area (Å²) in [6.07, 6.45) is 1.55. The normalized spacial score (nSPS) is 10.5. The molecule has 1 heterocycles. The van der Waals surface area contributed by atoms with Crippen molar-refractivity contribution in [3.05, 3.63) is 106 Å². The molecule has 0 spiro atoms. The number of carbonyl (C=O) groups excluding carboxylic acids is 2. The lowest BCUT2D eigenvalue weighted by Gasteiger charge is -2.13. The molecule has 2 N–H and O–H groups in total. The SMILES string of the molecule is COc1ccc(NC(=O)c2ccn(-c3ccc([N+](=O)[O-])cc3)n2)cc1NC(=O)c1cccc(F)c1. The Bertz CT molecular complexity index is 1420. The highest BCUT2D eigenvalue weighted by Gasteiger charge is 2.15. The minimum absolute atomic E-state index is 0.0568. The van der Waals surface area contributed by atoms with Crippen molar-refractivity contribution in [1.82, 2.24) is 9.78 Å². The number of amides is 2. The van der Waals surface area contributed by atoms with E-state index in [2.05, 4.69) is 15.7 Å². The monoisotopic (exact) mass is 475 g/mol. The van der Waals surface area contributed by atoms with E-state index in [1.54, 1.807) is 18.3 Å². The first-order valence-electron chi connectivity index (χ1n) is 10.2. The molecule has 3 aromatic carbocycles. The third-order valence-electron chi connectivity index (χ3n) is 4.94. The van der Waals surface area contributed by atoms with Crippen molar-refractivity contribution in [1.29, 1.82) is 0 Å². The van der Waals surface area contributed by atoms with Gasteiger partial charge in [0.25, 0.3) is 17.5 Å². The number of aromatic nitrogens is 2. The molecule has 10 nitrogen and oxygen atoms in total. The second-order valence-corrected chi connectivity index (χ2v) is 7.25. The number of nitrogens with one attached hydrogen (secondary N) is 2.